The molecule has 0 bridgehead atoms. The number of aryl methyl sites for hydroxylation is 1. The molecule has 1 N–H and O–H groups in total. The van der Waals surface area contributed by atoms with Crippen molar-refractivity contribution in [2.24, 2.45) is 0 Å². The van der Waals surface area contributed by atoms with Gasteiger partial charge in [-0.05, 0) is 36.2 Å². The molecule has 1 aromatic carbocycles. The second kappa shape index (κ2) is 7.87. The molecule has 0 saturated heterocycles. The highest BCUT2D eigenvalue weighted by Gasteiger charge is 2.13. The Morgan fingerprint density at radius 1 is 1.18 bits per heavy atom. The van der Waals surface area contributed by atoms with Crippen LogP contribution in [0.15, 0.2) is 65.7 Å². The molecule has 3 heterocycles. The van der Waals surface area contributed by atoms with Gasteiger partial charge in [-0.25, -0.2) is 4.98 Å². The van der Waals surface area contributed by atoms with Crippen molar-refractivity contribution in [3.05, 3.63) is 84.0 Å². The van der Waals surface area contributed by atoms with E-state index in [-0.39, 0.29) is 18.2 Å². The number of nitrogens with zero attached hydrogens (tertiary/aromatic N) is 3. The fourth-order valence-corrected chi connectivity index (χ4v) is 2.78. The van der Waals surface area contributed by atoms with Gasteiger partial charge in [0.15, 0.2) is 12.3 Å². The summed E-state index contributed by atoms with van der Waals surface area (Å²) in [6.45, 7) is 2.45. The largest absolute Gasteiger partial charge is 0.482 e. The maximum absolute atomic E-state index is 12.3. The lowest BCUT2D eigenvalue weighted by Crippen LogP contribution is -2.23. The van der Waals surface area contributed by atoms with E-state index in [1.54, 1.807) is 18.6 Å². The summed E-state index contributed by atoms with van der Waals surface area (Å²) >= 11 is 0. The standard InChI is InChI=1S/C21H18N4O3/c1-14-10-22-9-7-16(14)11-24-21(26)17-12-28-19(25-17)13-27-18-6-2-4-15-5-3-8-23-20(15)18/h2-10,12H,11,13H2,1H3,(H,24,26). The maximum Gasteiger partial charge on any atom is 0.273 e. The number of hydrogen-bond acceptors (Lipinski definition) is 6. The van der Waals surface area contributed by atoms with Gasteiger partial charge in [0.25, 0.3) is 5.91 Å². The molecule has 28 heavy (non-hydrogen) atoms. The predicted octanol–water partition coefficient (Wildman–Crippen LogP) is 3.44. The summed E-state index contributed by atoms with van der Waals surface area (Å²) in [5.74, 6) is 0.645. The molecule has 0 unspecified atom stereocenters. The van der Waals surface area contributed by atoms with Crippen LogP contribution in [0.3, 0.4) is 0 Å². The van der Waals surface area contributed by atoms with E-state index in [9.17, 15) is 4.79 Å². The zero-order valence-corrected chi connectivity index (χ0v) is 15.3. The number of pyridine rings is 2. The van der Waals surface area contributed by atoms with Crippen molar-refractivity contribution in [1.82, 2.24) is 20.3 Å². The van der Waals surface area contributed by atoms with Crippen LogP contribution in [0.5, 0.6) is 5.75 Å². The molecule has 3 aromatic heterocycles. The van der Waals surface area contributed by atoms with Crippen molar-refractivity contribution in [3.63, 3.8) is 0 Å². The van der Waals surface area contributed by atoms with Gasteiger partial charge in [0.1, 0.15) is 17.5 Å². The van der Waals surface area contributed by atoms with Crippen molar-refractivity contribution in [1.29, 1.82) is 0 Å². The van der Waals surface area contributed by atoms with E-state index in [4.69, 9.17) is 9.15 Å². The first-order valence-electron chi connectivity index (χ1n) is 8.79. The number of oxazole rings is 1. The highest BCUT2D eigenvalue weighted by atomic mass is 16.5. The number of amides is 1. The molecular weight excluding hydrogens is 356 g/mol. The van der Waals surface area contributed by atoms with Gasteiger partial charge in [0, 0.05) is 30.5 Å². The number of para-hydroxylation sites is 1. The van der Waals surface area contributed by atoms with Crippen molar-refractivity contribution in [3.8, 4) is 5.75 Å². The molecule has 0 fully saturated rings. The van der Waals surface area contributed by atoms with Crippen molar-refractivity contribution in [2.75, 3.05) is 0 Å². The second-order valence-corrected chi connectivity index (χ2v) is 6.23. The van der Waals surface area contributed by atoms with Gasteiger partial charge < -0.3 is 14.5 Å². The highest BCUT2D eigenvalue weighted by Crippen LogP contribution is 2.23. The van der Waals surface area contributed by atoms with Crippen LogP contribution in [0.2, 0.25) is 0 Å². The molecule has 4 rings (SSSR count). The third-order valence-corrected chi connectivity index (χ3v) is 4.31. The molecule has 0 aliphatic rings. The maximum atomic E-state index is 12.3. The van der Waals surface area contributed by atoms with E-state index in [0.717, 1.165) is 22.0 Å². The van der Waals surface area contributed by atoms with Gasteiger partial charge in [0.2, 0.25) is 5.89 Å². The number of hydrogen-bond donors (Lipinski definition) is 1. The fourth-order valence-electron chi connectivity index (χ4n) is 2.78. The molecule has 0 saturated carbocycles. The average Bonchev–Trinajstić information content (AvgIpc) is 3.20. The van der Waals surface area contributed by atoms with E-state index in [1.165, 1.54) is 6.26 Å². The molecule has 0 radical (unpaired) electrons. The summed E-state index contributed by atoms with van der Waals surface area (Å²) in [5, 5.41) is 3.81. The summed E-state index contributed by atoms with van der Waals surface area (Å²) < 4.78 is 11.2. The Bertz CT molecular complexity index is 1120. The molecule has 7 nitrogen and oxygen atoms in total. The van der Waals surface area contributed by atoms with Gasteiger partial charge >= 0.3 is 0 Å². The first-order chi connectivity index (χ1) is 13.7. The van der Waals surface area contributed by atoms with Crippen LogP contribution in [-0.2, 0) is 13.2 Å². The number of aromatic nitrogens is 3. The summed E-state index contributed by atoms with van der Waals surface area (Å²) in [4.78, 5) is 24.9. The number of fused-ring (bicyclic) bond motifs is 1. The Morgan fingerprint density at radius 2 is 2.07 bits per heavy atom. The number of carbonyl (C=O) groups excluding carboxylic acids is 1. The Kier molecular flexibility index (Phi) is 4.97. The van der Waals surface area contributed by atoms with Crippen molar-refractivity contribution >= 4 is 16.8 Å². The smallest absolute Gasteiger partial charge is 0.273 e. The molecular formula is C21H18N4O3. The molecule has 0 aliphatic carbocycles. The highest BCUT2D eigenvalue weighted by molar-refractivity contribution is 5.91. The summed E-state index contributed by atoms with van der Waals surface area (Å²) in [5.41, 5.74) is 2.99. The Balaban J connectivity index is 1.39. The van der Waals surface area contributed by atoms with Crippen LogP contribution in [0.4, 0.5) is 0 Å². The summed E-state index contributed by atoms with van der Waals surface area (Å²) in [6, 6.07) is 11.4. The van der Waals surface area contributed by atoms with Crippen LogP contribution >= 0.6 is 0 Å². The zero-order valence-electron chi connectivity index (χ0n) is 15.3. The molecule has 0 atom stereocenters. The van der Waals surface area contributed by atoms with E-state index in [1.807, 2.05) is 43.3 Å². The molecule has 0 aliphatic heterocycles. The number of ether oxygens (including phenoxy) is 1. The lowest BCUT2D eigenvalue weighted by atomic mass is 10.1. The fraction of sp³-hybridized carbons (Fsp3) is 0.143. The van der Waals surface area contributed by atoms with Gasteiger partial charge in [-0.15, -0.1) is 0 Å². The van der Waals surface area contributed by atoms with Crippen LogP contribution in [0.25, 0.3) is 10.9 Å². The van der Waals surface area contributed by atoms with E-state index < -0.39 is 0 Å². The minimum Gasteiger partial charge on any atom is -0.482 e. The van der Waals surface area contributed by atoms with Crippen LogP contribution in [0.1, 0.15) is 27.5 Å². The van der Waals surface area contributed by atoms with Crippen LogP contribution < -0.4 is 10.1 Å². The lowest BCUT2D eigenvalue weighted by molar-refractivity contribution is 0.0945. The summed E-state index contributed by atoms with van der Waals surface area (Å²) in [7, 11) is 0. The van der Waals surface area contributed by atoms with Crippen LogP contribution in [0, 0.1) is 6.92 Å². The van der Waals surface area contributed by atoms with Crippen molar-refractivity contribution < 1.29 is 13.9 Å². The molecule has 1 amide bonds. The minimum absolute atomic E-state index is 0.104. The third kappa shape index (κ3) is 3.83. The Hall–Kier alpha value is -3.74. The van der Waals surface area contributed by atoms with Gasteiger partial charge in [-0.1, -0.05) is 18.2 Å². The minimum atomic E-state index is -0.307. The van der Waals surface area contributed by atoms with E-state index in [2.05, 4.69) is 20.3 Å². The normalized spacial score (nSPS) is 10.8. The first kappa shape index (κ1) is 17.7. The van der Waals surface area contributed by atoms with Crippen LogP contribution in [-0.4, -0.2) is 20.9 Å². The van der Waals surface area contributed by atoms with E-state index in [0.29, 0.717) is 18.2 Å². The Morgan fingerprint density at radius 3 is 2.96 bits per heavy atom. The number of nitrogens with one attached hydrogen (secondary N) is 1. The molecule has 0 spiro atoms. The van der Waals surface area contributed by atoms with Gasteiger partial charge in [0.05, 0.1) is 0 Å². The predicted molar refractivity (Wildman–Crippen MR) is 103 cm³/mol. The van der Waals surface area contributed by atoms with E-state index >= 15 is 0 Å². The second-order valence-electron chi connectivity index (χ2n) is 6.23. The lowest BCUT2D eigenvalue weighted by Gasteiger charge is -2.06. The molecule has 140 valence electrons. The SMILES string of the molecule is Cc1cnccc1CNC(=O)c1coc(COc2cccc3cccnc23)n1. The number of benzene rings is 1. The van der Waals surface area contributed by atoms with Gasteiger partial charge in [-0.2, -0.15) is 0 Å². The number of carbonyl (C=O) groups is 1. The Labute approximate surface area is 161 Å². The third-order valence-electron chi connectivity index (χ3n) is 4.31. The summed E-state index contributed by atoms with van der Waals surface area (Å²) in [6.07, 6.45) is 6.50. The van der Waals surface area contributed by atoms with Gasteiger partial charge in [-0.3, -0.25) is 14.8 Å². The first-order valence-corrected chi connectivity index (χ1v) is 8.79. The zero-order chi connectivity index (χ0) is 19.3. The monoisotopic (exact) mass is 374 g/mol. The average molecular weight is 374 g/mol. The number of rotatable bonds is 6. The molecule has 4 aromatic rings. The molecule has 7 heteroatoms. The topological polar surface area (TPSA) is 90.1 Å². The van der Waals surface area contributed by atoms with Crippen molar-refractivity contribution in [2.45, 2.75) is 20.1 Å². The quantitative estimate of drug-likeness (QED) is 0.556.